The fourth-order valence-electron chi connectivity index (χ4n) is 2.89. The lowest BCUT2D eigenvalue weighted by Gasteiger charge is -2.37. The molecule has 2 aliphatic heterocycles. The highest BCUT2D eigenvalue weighted by Crippen LogP contribution is 2.24. The van der Waals surface area contributed by atoms with Gasteiger partial charge in [0.1, 0.15) is 6.61 Å². The predicted molar refractivity (Wildman–Crippen MR) is 77.8 cm³/mol. The standard InChI is InChI=1S/C15H20N2O.CH2/c1-2-5-13(6-3-1)12-18-16-15-8-10-17-9-4-7-14(15)11-17;/h1-3,5-6,14H,4,7-12H2;1H2. The molecular formula is C16H22N2O. The molecule has 2 atom stereocenters. The number of oxime groups is 1. The molecule has 0 aliphatic carbocycles. The van der Waals surface area contributed by atoms with E-state index >= 15 is 0 Å². The van der Waals surface area contributed by atoms with Crippen molar-refractivity contribution in [2.45, 2.75) is 25.9 Å². The minimum Gasteiger partial charge on any atom is -0.391 e. The lowest BCUT2D eigenvalue weighted by atomic mass is 9.88. The van der Waals surface area contributed by atoms with Gasteiger partial charge >= 0.3 is 0 Å². The molecule has 0 N–H and O–H groups in total. The smallest absolute Gasteiger partial charge is 0.142 e. The van der Waals surface area contributed by atoms with Crippen LogP contribution in [-0.2, 0) is 11.4 Å². The second-order valence-corrected chi connectivity index (χ2v) is 5.23. The van der Waals surface area contributed by atoms with E-state index < -0.39 is 0 Å². The van der Waals surface area contributed by atoms with Gasteiger partial charge in [0.05, 0.1) is 5.71 Å². The fourth-order valence-corrected chi connectivity index (χ4v) is 2.89. The second-order valence-electron chi connectivity index (χ2n) is 5.23. The third kappa shape index (κ3) is 3.57. The van der Waals surface area contributed by atoms with Gasteiger partial charge in [-0.1, -0.05) is 42.9 Å². The van der Waals surface area contributed by atoms with Crippen LogP contribution in [0.5, 0.6) is 0 Å². The van der Waals surface area contributed by atoms with Crippen molar-refractivity contribution in [2.24, 2.45) is 11.1 Å². The van der Waals surface area contributed by atoms with Crippen LogP contribution in [0.15, 0.2) is 35.5 Å². The molecule has 2 unspecified atom stereocenters. The van der Waals surface area contributed by atoms with Crippen molar-refractivity contribution in [1.29, 1.82) is 0 Å². The van der Waals surface area contributed by atoms with Crippen LogP contribution in [0.1, 0.15) is 24.8 Å². The van der Waals surface area contributed by atoms with Gasteiger partial charge in [0.15, 0.2) is 0 Å². The first-order valence-corrected chi connectivity index (χ1v) is 6.87. The molecule has 2 saturated heterocycles. The van der Waals surface area contributed by atoms with Crippen LogP contribution in [0, 0.1) is 13.3 Å². The number of hydrogen-bond donors (Lipinski definition) is 0. The summed E-state index contributed by atoms with van der Waals surface area (Å²) < 4.78 is 0. The predicted octanol–water partition coefficient (Wildman–Crippen LogP) is 3.00. The van der Waals surface area contributed by atoms with Crippen LogP contribution >= 0.6 is 0 Å². The summed E-state index contributed by atoms with van der Waals surface area (Å²) in [5.74, 6) is 0.642. The van der Waals surface area contributed by atoms with E-state index in [2.05, 4.69) is 22.2 Å². The van der Waals surface area contributed by atoms with E-state index in [0.29, 0.717) is 12.5 Å². The van der Waals surface area contributed by atoms with Gasteiger partial charge in [0.25, 0.3) is 0 Å². The average molecular weight is 258 g/mol. The topological polar surface area (TPSA) is 24.8 Å². The molecule has 0 saturated carbocycles. The molecule has 2 bridgehead atoms. The summed E-state index contributed by atoms with van der Waals surface area (Å²) in [6, 6.07) is 10.2. The van der Waals surface area contributed by atoms with Gasteiger partial charge in [-0.05, 0) is 24.9 Å². The molecule has 1 aromatic carbocycles. The molecule has 0 amide bonds. The average Bonchev–Trinajstić information content (AvgIpc) is 2.43. The SMILES string of the molecule is [CH2].c1ccc(CON=C2CCN3CCCC2C3)cc1. The van der Waals surface area contributed by atoms with Gasteiger partial charge in [0.2, 0.25) is 0 Å². The van der Waals surface area contributed by atoms with E-state index in [9.17, 15) is 0 Å². The van der Waals surface area contributed by atoms with Crippen LogP contribution in [0.3, 0.4) is 0 Å². The van der Waals surface area contributed by atoms with Crippen LogP contribution in [0.2, 0.25) is 0 Å². The highest BCUT2D eigenvalue weighted by molar-refractivity contribution is 5.87. The van der Waals surface area contributed by atoms with E-state index in [-0.39, 0.29) is 7.43 Å². The van der Waals surface area contributed by atoms with Gasteiger partial charge in [-0.15, -0.1) is 0 Å². The first-order chi connectivity index (χ1) is 8.92. The van der Waals surface area contributed by atoms with Gasteiger partial charge in [-0.3, -0.25) is 0 Å². The van der Waals surface area contributed by atoms with Crippen molar-refractivity contribution in [1.82, 2.24) is 4.90 Å². The van der Waals surface area contributed by atoms with Crippen molar-refractivity contribution in [3.63, 3.8) is 0 Å². The fraction of sp³-hybridized carbons (Fsp3) is 0.500. The quantitative estimate of drug-likeness (QED) is 0.779. The Bertz CT molecular complexity index is 416. The van der Waals surface area contributed by atoms with Crippen molar-refractivity contribution in [3.8, 4) is 0 Å². The minimum absolute atomic E-state index is 0. The Morgan fingerprint density at radius 1 is 1.21 bits per heavy atom. The monoisotopic (exact) mass is 258 g/mol. The summed E-state index contributed by atoms with van der Waals surface area (Å²) in [7, 11) is 0. The van der Waals surface area contributed by atoms with Gasteiger partial charge in [0, 0.05) is 25.4 Å². The van der Waals surface area contributed by atoms with Crippen LogP contribution < -0.4 is 0 Å². The van der Waals surface area contributed by atoms with Crippen LogP contribution in [-0.4, -0.2) is 30.2 Å². The van der Waals surface area contributed by atoms with Crippen LogP contribution in [0.25, 0.3) is 0 Å². The third-order valence-corrected chi connectivity index (χ3v) is 3.92. The van der Waals surface area contributed by atoms with E-state index in [1.54, 1.807) is 0 Å². The summed E-state index contributed by atoms with van der Waals surface area (Å²) in [4.78, 5) is 8.07. The maximum atomic E-state index is 5.52. The molecule has 2 radical (unpaired) electrons. The molecule has 0 aromatic heterocycles. The zero-order chi connectivity index (χ0) is 12.2. The number of rotatable bonds is 3. The second kappa shape index (κ2) is 6.71. The molecule has 1 aromatic rings. The maximum absolute atomic E-state index is 5.52. The number of hydrogen-bond acceptors (Lipinski definition) is 3. The van der Waals surface area contributed by atoms with E-state index in [1.807, 2.05) is 18.2 Å². The molecule has 19 heavy (non-hydrogen) atoms. The Morgan fingerprint density at radius 2 is 2.05 bits per heavy atom. The Labute approximate surface area is 116 Å². The normalized spacial score (nSPS) is 27.7. The summed E-state index contributed by atoms with van der Waals surface area (Å²) in [6.07, 6.45) is 3.67. The molecule has 3 rings (SSSR count). The number of piperidine rings is 2. The summed E-state index contributed by atoms with van der Waals surface area (Å²) in [5, 5.41) is 4.39. The number of fused-ring (bicyclic) bond motifs is 2. The minimum atomic E-state index is 0. The first-order valence-electron chi connectivity index (χ1n) is 6.87. The zero-order valence-corrected chi connectivity index (χ0v) is 11.4. The highest BCUT2D eigenvalue weighted by Gasteiger charge is 2.29. The molecule has 2 aliphatic rings. The van der Waals surface area contributed by atoms with E-state index in [0.717, 1.165) is 13.0 Å². The Balaban J connectivity index is 0.00000133. The number of nitrogens with zero attached hydrogens (tertiary/aromatic N) is 2. The highest BCUT2D eigenvalue weighted by atomic mass is 16.6. The molecule has 102 valence electrons. The third-order valence-electron chi connectivity index (χ3n) is 3.92. The first kappa shape index (κ1) is 14.1. The summed E-state index contributed by atoms with van der Waals surface area (Å²) in [5.41, 5.74) is 2.46. The van der Waals surface area contributed by atoms with Crippen molar-refractivity contribution in [2.75, 3.05) is 19.6 Å². The molecular weight excluding hydrogens is 236 g/mol. The summed E-state index contributed by atoms with van der Waals surface area (Å²) in [6.45, 7) is 4.20. The van der Waals surface area contributed by atoms with E-state index in [4.69, 9.17) is 4.84 Å². The van der Waals surface area contributed by atoms with E-state index in [1.165, 1.54) is 37.2 Å². The van der Waals surface area contributed by atoms with Crippen molar-refractivity contribution >= 4 is 5.71 Å². The van der Waals surface area contributed by atoms with Crippen LogP contribution in [0.4, 0.5) is 0 Å². The van der Waals surface area contributed by atoms with Gasteiger partial charge < -0.3 is 9.74 Å². The number of benzene rings is 1. The maximum Gasteiger partial charge on any atom is 0.142 e. The Morgan fingerprint density at radius 3 is 2.89 bits per heavy atom. The van der Waals surface area contributed by atoms with Crippen molar-refractivity contribution in [3.05, 3.63) is 43.3 Å². The lowest BCUT2D eigenvalue weighted by molar-refractivity contribution is 0.120. The molecule has 2 heterocycles. The Hall–Kier alpha value is -1.35. The Kier molecular flexibility index (Phi) is 4.97. The molecule has 3 heteroatoms. The van der Waals surface area contributed by atoms with Crippen molar-refractivity contribution < 1.29 is 4.84 Å². The largest absolute Gasteiger partial charge is 0.391 e. The summed E-state index contributed by atoms with van der Waals surface area (Å²) >= 11 is 0. The molecule has 2 fully saturated rings. The molecule has 0 spiro atoms. The molecule has 3 nitrogen and oxygen atoms in total. The van der Waals surface area contributed by atoms with Gasteiger partial charge in [-0.2, -0.15) is 0 Å². The van der Waals surface area contributed by atoms with Gasteiger partial charge in [-0.25, -0.2) is 0 Å². The zero-order valence-electron chi connectivity index (χ0n) is 11.4. The lowest BCUT2D eigenvalue weighted by Crippen LogP contribution is -2.45.